The van der Waals surface area contributed by atoms with Crippen molar-refractivity contribution in [3.8, 4) is 0 Å². The molecule has 0 saturated carbocycles. The quantitative estimate of drug-likeness (QED) is 0.596. The lowest BCUT2D eigenvalue weighted by molar-refractivity contribution is 0.0956. The number of aryl methyl sites for hydroxylation is 1. The van der Waals surface area contributed by atoms with Crippen molar-refractivity contribution in [3.05, 3.63) is 21.9 Å². The van der Waals surface area contributed by atoms with Gasteiger partial charge in [-0.15, -0.1) is 22.9 Å². The molecule has 1 unspecified atom stereocenters. The summed E-state index contributed by atoms with van der Waals surface area (Å²) in [5, 5.41) is 4.94. The van der Waals surface area contributed by atoms with Crippen molar-refractivity contribution in [1.82, 2.24) is 5.32 Å². The summed E-state index contributed by atoms with van der Waals surface area (Å²) in [6, 6.07) is 2.02. The molecule has 1 aromatic heterocycles. The van der Waals surface area contributed by atoms with Crippen LogP contribution in [-0.2, 0) is 6.42 Å². The van der Waals surface area contributed by atoms with Crippen LogP contribution in [0.1, 0.15) is 41.9 Å². The number of rotatable bonds is 7. The molecule has 2 nitrogen and oxygen atoms in total. The minimum atomic E-state index is 0.0652. The van der Waals surface area contributed by atoms with Crippen molar-refractivity contribution in [2.45, 2.75) is 33.1 Å². The first-order valence-corrected chi connectivity index (χ1v) is 7.51. The minimum Gasteiger partial charge on any atom is -0.351 e. The first kappa shape index (κ1) is 14.5. The van der Waals surface area contributed by atoms with Crippen LogP contribution in [0.3, 0.4) is 0 Å². The van der Waals surface area contributed by atoms with Crippen molar-refractivity contribution in [2.24, 2.45) is 5.92 Å². The number of halogens is 1. The molecule has 4 heteroatoms. The Morgan fingerprint density at radius 2 is 2.35 bits per heavy atom. The number of hydrogen-bond acceptors (Lipinski definition) is 2. The lowest BCUT2D eigenvalue weighted by Crippen LogP contribution is -2.24. The zero-order valence-corrected chi connectivity index (χ0v) is 12.0. The van der Waals surface area contributed by atoms with E-state index >= 15 is 0 Å². The zero-order valence-electron chi connectivity index (χ0n) is 10.5. The van der Waals surface area contributed by atoms with Crippen molar-refractivity contribution in [1.29, 1.82) is 0 Å². The molecule has 96 valence electrons. The highest BCUT2D eigenvalue weighted by molar-refractivity contribution is 7.12. The average molecular weight is 274 g/mol. The van der Waals surface area contributed by atoms with Gasteiger partial charge in [0.2, 0.25) is 0 Å². The Hall–Kier alpha value is -0.540. The van der Waals surface area contributed by atoms with Gasteiger partial charge >= 0.3 is 0 Å². The van der Waals surface area contributed by atoms with E-state index in [1.165, 1.54) is 11.3 Å². The standard InChI is InChI=1S/C13H20ClNOS/c1-3-11-6-8-17-12(11)13(16)15-7-4-5-10(2)9-14/h6,8,10H,3-5,7,9H2,1-2H3,(H,15,16). The number of amides is 1. The van der Waals surface area contributed by atoms with Gasteiger partial charge in [0.15, 0.2) is 0 Å². The molecule has 0 bridgehead atoms. The fraction of sp³-hybridized carbons (Fsp3) is 0.615. The number of carbonyl (C=O) groups is 1. The number of carbonyl (C=O) groups excluding carboxylic acids is 1. The maximum atomic E-state index is 11.9. The second-order valence-electron chi connectivity index (χ2n) is 4.29. The lowest BCUT2D eigenvalue weighted by atomic mass is 10.1. The van der Waals surface area contributed by atoms with Gasteiger partial charge in [-0.3, -0.25) is 4.79 Å². The van der Waals surface area contributed by atoms with Gasteiger partial charge in [0.25, 0.3) is 5.91 Å². The van der Waals surface area contributed by atoms with Crippen LogP contribution in [0.15, 0.2) is 11.4 Å². The summed E-state index contributed by atoms with van der Waals surface area (Å²) >= 11 is 7.25. The average Bonchev–Trinajstić information content (AvgIpc) is 2.82. The summed E-state index contributed by atoms with van der Waals surface area (Å²) in [6.07, 6.45) is 2.97. The van der Waals surface area contributed by atoms with Crippen molar-refractivity contribution in [3.63, 3.8) is 0 Å². The van der Waals surface area contributed by atoms with Crippen LogP contribution in [0.4, 0.5) is 0 Å². The summed E-state index contributed by atoms with van der Waals surface area (Å²) in [6.45, 7) is 4.94. The summed E-state index contributed by atoms with van der Waals surface area (Å²) in [4.78, 5) is 12.7. The number of thiophene rings is 1. The van der Waals surface area contributed by atoms with E-state index in [1.54, 1.807) is 0 Å². The Morgan fingerprint density at radius 3 is 3.00 bits per heavy atom. The van der Waals surface area contributed by atoms with E-state index in [1.807, 2.05) is 11.4 Å². The Labute approximate surface area is 112 Å². The maximum absolute atomic E-state index is 11.9. The van der Waals surface area contributed by atoms with Crippen LogP contribution in [0, 0.1) is 5.92 Å². The van der Waals surface area contributed by atoms with E-state index in [0.717, 1.165) is 36.2 Å². The van der Waals surface area contributed by atoms with Gasteiger partial charge in [0.1, 0.15) is 0 Å². The highest BCUT2D eigenvalue weighted by Crippen LogP contribution is 2.17. The van der Waals surface area contributed by atoms with E-state index < -0.39 is 0 Å². The maximum Gasteiger partial charge on any atom is 0.261 e. The first-order valence-electron chi connectivity index (χ1n) is 6.09. The van der Waals surface area contributed by atoms with E-state index in [2.05, 4.69) is 19.2 Å². The summed E-state index contributed by atoms with van der Waals surface area (Å²) in [7, 11) is 0. The summed E-state index contributed by atoms with van der Waals surface area (Å²) in [5.74, 6) is 1.29. The third kappa shape index (κ3) is 4.68. The molecule has 1 rings (SSSR count). The number of alkyl halides is 1. The third-order valence-electron chi connectivity index (χ3n) is 2.76. The zero-order chi connectivity index (χ0) is 12.7. The van der Waals surface area contributed by atoms with Crippen LogP contribution in [0.5, 0.6) is 0 Å². The molecule has 0 saturated heterocycles. The van der Waals surface area contributed by atoms with Crippen molar-refractivity contribution < 1.29 is 4.79 Å². The van der Waals surface area contributed by atoms with Gasteiger partial charge in [-0.2, -0.15) is 0 Å². The van der Waals surface area contributed by atoms with Gasteiger partial charge in [0, 0.05) is 12.4 Å². The Kier molecular flexibility index (Phi) is 6.60. The normalized spacial score (nSPS) is 12.4. The van der Waals surface area contributed by atoms with Crippen LogP contribution < -0.4 is 5.32 Å². The molecular weight excluding hydrogens is 254 g/mol. The van der Waals surface area contributed by atoms with Gasteiger partial charge in [-0.25, -0.2) is 0 Å². The van der Waals surface area contributed by atoms with Crippen molar-refractivity contribution >= 4 is 28.8 Å². The molecule has 1 amide bonds. The monoisotopic (exact) mass is 273 g/mol. The SMILES string of the molecule is CCc1ccsc1C(=O)NCCCC(C)CCl. The van der Waals surface area contributed by atoms with E-state index in [9.17, 15) is 4.79 Å². The van der Waals surface area contributed by atoms with Crippen molar-refractivity contribution in [2.75, 3.05) is 12.4 Å². The Balaban J connectivity index is 2.30. The van der Waals surface area contributed by atoms with Gasteiger partial charge in [0.05, 0.1) is 4.88 Å². The van der Waals surface area contributed by atoms with Crippen LogP contribution in [0.25, 0.3) is 0 Å². The third-order valence-corrected chi connectivity index (χ3v) is 4.24. The Morgan fingerprint density at radius 1 is 1.59 bits per heavy atom. The lowest BCUT2D eigenvalue weighted by Gasteiger charge is -2.08. The number of nitrogens with one attached hydrogen (secondary N) is 1. The second-order valence-corrected chi connectivity index (χ2v) is 5.51. The van der Waals surface area contributed by atoms with Crippen LogP contribution in [0.2, 0.25) is 0 Å². The van der Waals surface area contributed by atoms with E-state index in [4.69, 9.17) is 11.6 Å². The topological polar surface area (TPSA) is 29.1 Å². The highest BCUT2D eigenvalue weighted by atomic mass is 35.5. The predicted molar refractivity (Wildman–Crippen MR) is 75.1 cm³/mol. The number of hydrogen-bond donors (Lipinski definition) is 1. The molecule has 17 heavy (non-hydrogen) atoms. The van der Waals surface area contributed by atoms with E-state index in [0.29, 0.717) is 11.8 Å². The molecule has 0 radical (unpaired) electrons. The smallest absolute Gasteiger partial charge is 0.261 e. The molecule has 0 spiro atoms. The molecular formula is C13H20ClNOS. The molecule has 1 heterocycles. The fourth-order valence-corrected chi connectivity index (χ4v) is 2.69. The molecule has 0 fully saturated rings. The van der Waals surface area contributed by atoms with E-state index in [-0.39, 0.29) is 5.91 Å². The molecule has 1 aromatic rings. The van der Waals surface area contributed by atoms with Gasteiger partial charge < -0.3 is 5.32 Å². The Bertz CT molecular complexity index is 351. The molecule has 0 aliphatic rings. The molecule has 0 aromatic carbocycles. The second kappa shape index (κ2) is 7.72. The van der Waals surface area contributed by atoms with Crippen LogP contribution in [-0.4, -0.2) is 18.3 Å². The van der Waals surface area contributed by atoms with Gasteiger partial charge in [-0.1, -0.05) is 13.8 Å². The minimum absolute atomic E-state index is 0.0652. The summed E-state index contributed by atoms with van der Waals surface area (Å²) in [5.41, 5.74) is 1.14. The van der Waals surface area contributed by atoms with Crippen LogP contribution >= 0.6 is 22.9 Å². The fourth-order valence-electron chi connectivity index (χ4n) is 1.62. The summed E-state index contributed by atoms with van der Waals surface area (Å²) < 4.78 is 0. The molecule has 1 atom stereocenters. The molecule has 0 aliphatic carbocycles. The van der Waals surface area contributed by atoms with Gasteiger partial charge in [-0.05, 0) is 42.2 Å². The first-order chi connectivity index (χ1) is 8.19. The predicted octanol–water partition coefficient (Wildman–Crippen LogP) is 3.70. The largest absolute Gasteiger partial charge is 0.351 e. The highest BCUT2D eigenvalue weighted by Gasteiger charge is 2.11. The molecule has 0 aliphatic heterocycles. The molecule has 1 N–H and O–H groups in total.